The van der Waals surface area contributed by atoms with Crippen molar-refractivity contribution in [3.05, 3.63) is 77.9 Å². The Hall–Kier alpha value is -4.74. The summed E-state index contributed by atoms with van der Waals surface area (Å²) in [6, 6.07) is 21.6. The molecule has 1 aliphatic carbocycles. The van der Waals surface area contributed by atoms with E-state index in [2.05, 4.69) is 17.4 Å². The number of carboxylic acids is 1. The number of benzene rings is 3. The first-order valence-electron chi connectivity index (χ1n) is 17.1. The number of nitrogens with zero attached hydrogens (tertiary/aromatic N) is 3. The van der Waals surface area contributed by atoms with Crippen molar-refractivity contribution in [2.45, 2.75) is 37.6 Å². The van der Waals surface area contributed by atoms with Gasteiger partial charge in [0.05, 0.1) is 17.5 Å². The number of methoxy groups -OCH3 is 1. The van der Waals surface area contributed by atoms with Gasteiger partial charge in [0.1, 0.15) is 5.75 Å². The Morgan fingerprint density at radius 3 is 2.53 bits per heavy atom. The minimum Gasteiger partial charge on any atom is -0.482 e. The van der Waals surface area contributed by atoms with E-state index in [4.69, 9.17) is 14.6 Å². The van der Waals surface area contributed by atoms with E-state index in [9.17, 15) is 19.2 Å². The summed E-state index contributed by atoms with van der Waals surface area (Å²) in [6.45, 7) is 2.91. The van der Waals surface area contributed by atoms with E-state index in [0.717, 1.165) is 48.2 Å². The van der Waals surface area contributed by atoms with Gasteiger partial charge in [-0.15, -0.1) is 0 Å². The summed E-state index contributed by atoms with van der Waals surface area (Å²) in [6.07, 6.45) is 3.39. The zero-order chi connectivity index (χ0) is 34.1. The first-order chi connectivity index (χ1) is 23.8. The standard InChI is InChI=1S/C38H42N4O7/c1-48-17-3-16-41-33-19-30(12-13-34(33)49-23-35(41)43)42(29-10-11-29)37(45)32-20-39-15-14-31(32)27-5-2-4-26(18-27)24-6-8-25(9-7-24)36(44)40-21-28(22-40)38(46)47/h2,4-9,12-13,18-19,28-29,31-32,39H,3,10-11,14-17,20-23H2,1H3,(H,46,47)/t31-,32+/m1/s1. The van der Waals surface area contributed by atoms with Crippen molar-refractivity contribution >= 4 is 35.1 Å². The number of hydrogen-bond acceptors (Lipinski definition) is 7. The minimum absolute atomic E-state index is 0.00502. The maximum atomic E-state index is 14.6. The molecule has 3 aliphatic heterocycles. The van der Waals surface area contributed by atoms with E-state index < -0.39 is 11.9 Å². The van der Waals surface area contributed by atoms with Gasteiger partial charge < -0.3 is 34.6 Å². The molecule has 2 N–H and O–H groups in total. The molecule has 11 nitrogen and oxygen atoms in total. The van der Waals surface area contributed by atoms with Crippen LogP contribution in [0.15, 0.2) is 66.7 Å². The Labute approximate surface area is 285 Å². The molecule has 256 valence electrons. The van der Waals surface area contributed by atoms with Crippen molar-refractivity contribution in [3.63, 3.8) is 0 Å². The minimum atomic E-state index is -0.871. The van der Waals surface area contributed by atoms with E-state index >= 15 is 0 Å². The Bertz CT molecular complexity index is 1730. The van der Waals surface area contributed by atoms with E-state index in [-0.39, 0.29) is 55.3 Å². The Morgan fingerprint density at radius 1 is 1.00 bits per heavy atom. The smallest absolute Gasteiger partial charge is 0.310 e. The van der Waals surface area contributed by atoms with Crippen LogP contribution in [-0.4, -0.2) is 92.8 Å². The first-order valence-corrected chi connectivity index (χ1v) is 17.1. The van der Waals surface area contributed by atoms with Crippen LogP contribution in [0.3, 0.4) is 0 Å². The predicted molar refractivity (Wildman–Crippen MR) is 184 cm³/mol. The van der Waals surface area contributed by atoms with E-state index in [1.54, 1.807) is 29.0 Å². The molecule has 3 fully saturated rings. The zero-order valence-electron chi connectivity index (χ0n) is 27.7. The molecule has 0 aromatic heterocycles. The number of aliphatic carboxylic acids is 1. The van der Waals surface area contributed by atoms with Gasteiger partial charge in [0.25, 0.3) is 11.8 Å². The number of nitrogens with one attached hydrogen (secondary N) is 1. The molecule has 3 aromatic rings. The van der Waals surface area contributed by atoms with Crippen LogP contribution in [0, 0.1) is 11.8 Å². The lowest BCUT2D eigenvalue weighted by atomic mass is 9.79. The Morgan fingerprint density at radius 2 is 1.80 bits per heavy atom. The van der Waals surface area contributed by atoms with Crippen LogP contribution in [0.5, 0.6) is 5.75 Å². The topological polar surface area (TPSA) is 129 Å². The highest BCUT2D eigenvalue weighted by atomic mass is 16.5. The van der Waals surface area contributed by atoms with Crippen molar-refractivity contribution < 1.29 is 33.8 Å². The summed E-state index contributed by atoms with van der Waals surface area (Å²) in [5, 5.41) is 12.6. The second-order valence-corrected chi connectivity index (χ2v) is 13.4. The van der Waals surface area contributed by atoms with Gasteiger partial charge in [0, 0.05) is 57.2 Å². The summed E-state index contributed by atoms with van der Waals surface area (Å²) in [7, 11) is 1.65. The van der Waals surface area contributed by atoms with Crippen molar-refractivity contribution in [2.24, 2.45) is 11.8 Å². The van der Waals surface area contributed by atoms with Gasteiger partial charge in [0.15, 0.2) is 6.61 Å². The van der Waals surface area contributed by atoms with Crippen LogP contribution < -0.4 is 19.9 Å². The van der Waals surface area contributed by atoms with Crippen molar-refractivity contribution in [1.29, 1.82) is 0 Å². The number of anilines is 2. The molecule has 2 saturated heterocycles. The number of ether oxygens (including phenoxy) is 2. The van der Waals surface area contributed by atoms with Gasteiger partial charge in [-0.05, 0) is 85.2 Å². The molecule has 3 aromatic carbocycles. The average Bonchev–Trinajstić information content (AvgIpc) is 3.94. The zero-order valence-corrected chi connectivity index (χ0v) is 27.7. The lowest BCUT2D eigenvalue weighted by molar-refractivity contribution is -0.146. The number of carbonyl (C=O) groups is 4. The third-order valence-corrected chi connectivity index (χ3v) is 10.1. The number of piperidine rings is 1. The molecule has 0 spiro atoms. The summed E-state index contributed by atoms with van der Waals surface area (Å²) >= 11 is 0. The molecule has 0 bridgehead atoms. The number of carbonyl (C=O) groups excluding carboxylic acids is 3. The van der Waals surface area contributed by atoms with Crippen molar-refractivity contribution in [1.82, 2.24) is 10.2 Å². The molecule has 2 atom stereocenters. The quantitative estimate of drug-likeness (QED) is 0.292. The van der Waals surface area contributed by atoms with Crippen LogP contribution in [-0.2, 0) is 19.1 Å². The fourth-order valence-corrected chi connectivity index (χ4v) is 7.24. The Balaban J connectivity index is 1.10. The molecule has 1 saturated carbocycles. The lowest BCUT2D eigenvalue weighted by Crippen LogP contribution is -2.53. The van der Waals surface area contributed by atoms with Crippen molar-refractivity contribution in [3.8, 4) is 16.9 Å². The summed E-state index contributed by atoms with van der Waals surface area (Å²) < 4.78 is 11.0. The second-order valence-electron chi connectivity index (χ2n) is 13.4. The molecule has 7 rings (SSSR count). The number of amides is 3. The first kappa shape index (κ1) is 32.8. The highest BCUT2D eigenvalue weighted by Gasteiger charge is 2.42. The van der Waals surface area contributed by atoms with E-state index in [1.807, 2.05) is 47.4 Å². The van der Waals surface area contributed by atoms with Crippen LogP contribution in [0.25, 0.3) is 11.1 Å². The molecular weight excluding hydrogens is 624 g/mol. The maximum absolute atomic E-state index is 14.6. The number of rotatable bonds is 11. The fraction of sp³-hybridized carbons (Fsp3) is 0.421. The second kappa shape index (κ2) is 14.0. The molecule has 0 unspecified atom stereocenters. The molecule has 11 heteroatoms. The van der Waals surface area contributed by atoms with Gasteiger partial charge in [0.2, 0.25) is 5.91 Å². The van der Waals surface area contributed by atoms with Crippen LogP contribution >= 0.6 is 0 Å². The van der Waals surface area contributed by atoms with Crippen LogP contribution in [0.1, 0.15) is 47.5 Å². The average molecular weight is 667 g/mol. The SMILES string of the molecule is COCCCN1C(=O)COc2ccc(N(C(=O)[C@H]3CNCC[C@@H]3c3cccc(-c4ccc(C(=O)N5CC(C(=O)O)C5)cc4)c3)C3CC3)cc21. The lowest BCUT2D eigenvalue weighted by Gasteiger charge is -2.37. The van der Waals surface area contributed by atoms with E-state index in [1.165, 1.54) is 0 Å². The highest BCUT2D eigenvalue weighted by Crippen LogP contribution is 2.42. The molecule has 3 heterocycles. The molecule has 3 amide bonds. The van der Waals surface area contributed by atoms with Crippen LogP contribution in [0.2, 0.25) is 0 Å². The largest absolute Gasteiger partial charge is 0.482 e. The fourth-order valence-electron chi connectivity index (χ4n) is 7.24. The molecule has 4 aliphatic rings. The maximum Gasteiger partial charge on any atom is 0.310 e. The number of fused-ring (bicyclic) bond motifs is 1. The Kier molecular flexibility index (Phi) is 9.38. The summed E-state index contributed by atoms with van der Waals surface area (Å²) in [5.74, 6) is -1.17. The van der Waals surface area contributed by atoms with Gasteiger partial charge in [-0.25, -0.2) is 0 Å². The highest BCUT2D eigenvalue weighted by molar-refractivity contribution is 6.01. The van der Waals surface area contributed by atoms with E-state index in [0.29, 0.717) is 43.1 Å². The number of hydrogen-bond donors (Lipinski definition) is 2. The number of likely N-dealkylation sites (tertiary alicyclic amines) is 1. The molecule has 0 radical (unpaired) electrons. The van der Waals surface area contributed by atoms with Gasteiger partial charge in [-0.3, -0.25) is 19.2 Å². The normalized spacial score (nSPS) is 20.6. The number of carboxylic acid groups (broad SMARTS) is 1. The van der Waals surface area contributed by atoms with Gasteiger partial charge in [-0.1, -0.05) is 36.4 Å². The molecular formula is C38H42N4O7. The third-order valence-electron chi connectivity index (χ3n) is 10.1. The summed E-state index contributed by atoms with van der Waals surface area (Å²) in [5.41, 5.74) is 5.07. The van der Waals surface area contributed by atoms with Gasteiger partial charge in [-0.2, -0.15) is 0 Å². The monoisotopic (exact) mass is 666 g/mol. The molecule has 49 heavy (non-hydrogen) atoms. The third kappa shape index (κ3) is 6.78. The van der Waals surface area contributed by atoms with Crippen LogP contribution in [0.4, 0.5) is 11.4 Å². The van der Waals surface area contributed by atoms with Gasteiger partial charge >= 0.3 is 5.97 Å². The predicted octanol–water partition coefficient (Wildman–Crippen LogP) is 4.16. The van der Waals surface area contributed by atoms with Crippen molar-refractivity contribution in [2.75, 3.05) is 62.8 Å². The summed E-state index contributed by atoms with van der Waals surface area (Å²) in [4.78, 5) is 56.7.